The minimum absolute atomic E-state index is 0.00515. The number of piperazine rings is 1. The Morgan fingerprint density at radius 3 is 2.06 bits per heavy atom. The first kappa shape index (κ1) is 22.4. The van der Waals surface area contributed by atoms with E-state index in [2.05, 4.69) is 0 Å². The number of carbonyl (C=O) groups is 2. The van der Waals surface area contributed by atoms with Gasteiger partial charge in [0, 0.05) is 38.2 Å². The molecule has 166 valence electrons. The molecule has 1 fully saturated rings. The number of methoxy groups -OCH3 is 3. The van der Waals surface area contributed by atoms with Gasteiger partial charge in [-0.2, -0.15) is 0 Å². The average molecular weight is 430 g/mol. The highest BCUT2D eigenvalue weighted by Crippen LogP contribution is 2.28. The standard InChI is InChI=1S/C23H27FN2O5/c1-29-19-7-4-16(14-18(19)24)5-9-22(27)25-10-12-26(13-11-25)23(28)17-6-8-20(30-2)21(15-17)31-3/h4,6-8,14-15H,5,9-13H2,1-3H3. The van der Waals surface area contributed by atoms with Crippen molar-refractivity contribution in [1.29, 1.82) is 0 Å². The van der Waals surface area contributed by atoms with Crippen LogP contribution in [0.2, 0.25) is 0 Å². The number of aryl methyl sites for hydroxylation is 1. The molecule has 8 heteroatoms. The van der Waals surface area contributed by atoms with Crippen molar-refractivity contribution in [3.05, 3.63) is 53.3 Å². The lowest BCUT2D eigenvalue weighted by Gasteiger charge is -2.35. The lowest BCUT2D eigenvalue weighted by molar-refractivity contribution is -0.132. The molecule has 0 atom stereocenters. The lowest BCUT2D eigenvalue weighted by Crippen LogP contribution is -2.50. The first-order chi connectivity index (χ1) is 15.0. The normalized spacial score (nSPS) is 13.7. The molecular formula is C23H27FN2O5. The second-order valence-corrected chi connectivity index (χ2v) is 7.21. The van der Waals surface area contributed by atoms with Gasteiger partial charge in [0.1, 0.15) is 0 Å². The Kier molecular flexibility index (Phi) is 7.33. The van der Waals surface area contributed by atoms with Crippen LogP contribution in [-0.2, 0) is 11.2 Å². The van der Waals surface area contributed by atoms with Crippen molar-refractivity contribution in [3.63, 3.8) is 0 Å². The first-order valence-corrected chi connectivity index (χ1v) is 10.1. The zero-order chi connectivity index (χ0) is 22.4. The molecule has 0 saturated carbocycles. The van der Waals surface area contributed by atoms with E-state index in [0.717, 1.165) is 5.56 Å². The predicted octanol–water partition coefficient (Wildman–Crippen LogP) is 2.77. The van der Waals surface area contributed by atoms with Crippen LogP contribution in [0.1, 0.15) is 22.3 Å². The number of carbonyl (C=O) groups excluding carboxylic acids is 2. The maximum Gasteiger partial charge on any atom is 0.254 e. The SMILES string of the molecule is COc1ccc(CCC(=O)N2CCN(C(=O)c3ccc(OC)c(OC)c3)CC2)cc1F. The first-order valence-electron chi connectivity index (χ1n) is 10.1. The van der Waals surface area contributed by atoms with Crippen molar-refractivity contribution in [3.8, 4) is 17.2 Å². The third-order valence-electron chi connectivity index (χ3n) is 5.39. The highest BCUT2D eigenvalue weighted by atomic mass is 19.1. The van der Waals surface area contributed by atoms with Crippen molar-refractivity contribution in [2.24, 2.45) is 0 Å². The van der Waals surface area contributed by atoms with Crippen LogP contribution in [0.4, 0.5) is 4.39 Å². The zero-order valence-corrected chi connectivity index (χ0v) is 18.0. The summed E-state index contributed by atoms with van der Waals surface area (Å²) in [5.41, 5.74) is 1.26. The summed E-state index contributed by atoms with van der Waals surface area (Å²) in [5, 5.41) is 0. The summed E-state index contributed by atoms with van der Waals surface area (Å²) >= 11 is 0. The van der Waals surface area contributed by atoms with E-state index in [-0.39, 0.29) is 24.0 Å². The molecule has 1 heterocycles. The average Bonchev–Trinajstić information content (AvgIpc) is 2.81. The maximum absolute atomic E-state index is 13.8. The minimum Gasteiger partial charge on any atom is -0.494 e. The fourth-order valence-electron chi connectivity index (χ4n) is 3.59. The highest BCUT2D eigenvalue weighted by molar-refractivity contribution is 5.95. The number of rotatable bonds is 7. The minimum atomic E-state index is -0.435. The summed E-state index contributed by atoms with van der Waals surface area (Å²) in [4.78, 5) is 28.8. The largest absolute Gasteiger partial charge is 0.494 e. The van der Waals surface area contributed by atoms with E-state index in [4.69, 9.17) is 14.2 Å². The Hall–Kier alpha value is -3.29. The summed E-state index contributed by atoms with van der Waals surface area (Å²) in [6.45, 7) is 1.84. The van der Waals surface area contributed by atoms with Gasteiger partial charge in [0.2, 0.25) is 5.91 Å². The molecule has 0 radical (unpaired) electrons. The van der Waals surface area contributed by atoms with Gasteiger partial charge < -0.3 is 24.0 Å². The third-order valence-corrected chi connectivity index (χ3v) is 5.39. The third kappa shape index (κ3) is 5.25. The van der Waals surface area contributed by atoms with Crippen LogP contribution in [0.5, 0.6) is 17.2 Å². The molecule has 0 bridgehead atoms. The fourth-order valence-corrected chi connectivity index (χ4v) is 3.59. The van der Waals surface area contributed by atoms with Crippen LogP contribution < -0.4 is 14.2 Å². The Bertz CT molecular complexity index is 942. The molecule has 2 amide bonds. The number of hydrogen-bond acceptors (Lipinski definition) is 5. The number of ether oxygens (including phenoxy) is 3. The number of nitrogens with zero attached hydrogens (tertiary/aromatic N) is 2. The van der Waals surface area contributed by atoms with Gasteiger partial charge in [-0.25, -0.2) is 4.39 Å². The topological polar surface area (TPSA) is 68.3 Å². The molecule has 0 N–H and O–H groups in total. The summed E-state index contributed by atoms with van der Waals surface area (Å²) in [6, 6.07) is 9.78. The zero-order valence-electron chi connectivity index (χ0n) is 18.0. The van der Waals surface area contributed by atoms with E-state index in [1.807, 2.05) is 0 Å². The fraction of sp³-hybridized carbons (Fsp3) is 0.391. The van der Waals surface area contributed by atoms with Crippen molar-refractivity contribution >= 4 is 11.8 Å². The number of hydrogen-bond donors (Lipinski definition) is 0. The van der Waals surface area contributed by atoms with Crippen molar-refractivity contribution in [2.75, 3.05) is 47.5 Å². The monoisotopic (exact) mass is 430 g/mol. The molecule has 7 nitrogen and oxygen atoms in total. The van der Waals surface area contributed by atoms with Gasteiger partial charge >= 0.3 is 0 Å². The van der Waals surface area contributed by atoms with E-state index in [1.165, 1.54) is 20.3 Å². The Balaban J connectivity index is 1.52. The van der Waals surface area contributed by atoms with Crippen molar-refractivity contribution in [1.82, 2.24) is 9.80 Å². The van der Waals surface area contributed by atoms with Gasteiger partial charge in [-0.3, -0.25) is 9.59 Å². The molecule has 2 aromatic carbocycles. The Morgan fingerprint density at radius 2 is 1.45 bits per heavy atom. The van der Waals surface area contributed by atoms with Crippen LogP contribution in [-0.4, -0.2) is 69.1 Å². The van der Waals surface area contributed by atoms with Gasteiger partial charge in [-0.05, 0) is 42.3 Å². The second-order valence-electron chi connectivity index (χ2n) is 7.21. The van der Waals surface area contributed by atoms with Gasteiger partial charge in [-0.1, -0.05) is 6.07 Å². The quantitative estimate of drug-likeness (QED) is 0.676. The molecule has 31 heavy (non-hydrogen) atoms. The molecule has 3 rings (SSSR count). The number of benzene rings is 2. The highest BCUT2D eigenvalue weighted by Gasteiger charge is 2.25. The summed E-state index contributed by atoms with van der Waals surface area (Å²) in [6.07, 6.45) is 0.736. The Labute approximate surface area is 181 Å². The molecule has 2 aromatic rings. The van der Waals surface area contributed by atoms with E-state index < -0.39 is 5.82 Å². The van der Waals surface area contributed by atoms with Crippen LogP contribution >= 0.6 is 0 Å². The van der Waals surface area contributed by atoms with Crippen LogP contribution in [0, 0.1) is 5.82 Å². The second kappa shape index (κ2) is 10.1. The van der Waals surface area contributed by atoms with Gasteiger partial charge in [-0.15, -0.1) is 0 Å². The molecule has 1 saturated heterocycles. The van der Waals surface area contributed by atoms with Crippen molar-refractivity contribution in [2.45, 2.75) is 12.8 Å². The predicted molar refractivity (Wildman–Crippen MR) is 113 cm³/mol. The molecule has 0 aromatic heterocycles. The summed E-state index contributed by atoms with van der Waals surface area (Å²) in [5.74, 6) is 0.694. The number of amides is 2. The van der Waals surface area contributed by atoms with Crippen LogP contribution in [0.15, 0.2) is 36.4 Å². The lowest BCUT2D eigenvalue weighted by atomic mass is 10.1. The van der Waals surface area contributed by atoms with Crippen molar-refractivity contribution < 1.29 is 28.2 Å². The number of halogens is 1. The smallest absolute Gasteiger partial charge is 0.254 e. The molecule has 1 aliphatic rings. The van der Waals surface area contributed by atoms with E-state index in [9.17, 15) is 14.0 Å². The van der Waals surface area contributed by atoms with Crippen LogP contribution in [0.25, 0.3) is 0 Å². The van der Waals surface area contributed by atoms with Gasteiger partial charge in [0.05, 0.1) is 21.3 Å². The molecule has 1 aliphatic heterocycles. The van der Waals surface area contributed by atoms with Gasteiger partial charge in [0.15, 0.2) is 23.1 Å². The summed E-state index contributed by atoms with van der Waals surface area (Å²) < 4.78 is 29.2. The molecule has 0 unspecified atom stereocenters. The van der Waals surface area contributed by atoms with E-state index >= 15 is 0 Å². The van der Waals surface area contributed by atoms with E-state index in [0.29, 0.717) is 49.7 Å². The molecular weight excluding hydrogens is 403 g/mol. The van der Waals surface area contributed by atoms with E-state index in [1.54, 1.807) is 47.2 Å². The van der Waals surface area contributed by atoms with Gasteiger partial charge in [0.25, 0.3) is 5.91 Å². The molecule has 0 aliphatic carbocycles. The molecule has 0 spiro atoms. The van der Waals surface area contributed by atoms with Crippen LogP contribution in [0.3, 0.4) is 0 Å². The summed E-state index contributed by atoms with van der Waals surface area (Å²) in [7, 11) is 4.48. The Morgan fingerprint density at radius 1 is 0.839 bits per heavy atom. The maximum atomic E-state index is 13.8.